The zero-order valence-electron chi connectivity index (χ0n) is 14.7. The zero-order valence-corrected chi connectivity index (χ0v) is 17.0. The predicted octanol–water partition coefficient (Wildman–Crippen LogP) is 3.87. The number of hydrogen-bond acceptors (Lipinski definition) is 6. The Morgan fingerprint density at radius 1 is 1.16 bits per heavy atom. The van der Waals surface area contributed by atoms with Gasteiger partial charge in [-0.15, -0.1) is 32.5 Å². The van der Waals surface area contributed by atoms with Crippen LogP contribution in [-0.2, 0) is 18.9 Å². The van der Waals surface area contributed by atoms with Gasteiger partial charge in [0.25, 0.3) is 5.91 Å². The summed E-state index contributed by atoms with van der Waals surface area (Å²) in [4.78, 5) is 16.8. The summed E-state index contributed by atoms with van der Waals surface area (Å²) in [5, 5.41) is 0.848. The summed E-state index contributed by atoms with van der Waals surface area (Å²) in [6.45, 7) is 3.83. The number of ether oxygens (including phenoxy) is 1. The van der Waals surface area contributed by atoms with Crippen LogP contribution in [0.1, 0.15) is 58.8 Å². The number of carbonyl (C=O) groups is 1. The van der Waals surface area contributed by atoms with Crippen molar-refractivity contribution in [2.45, 2.75) is 87.0 Å². The van der Waals surface area contributed by atoms with Gasteiger partial charge in [-0.2, -0.15) is 0 Å². The van der Waals surface area contributed by atoms with Crippen LogP contribution < -0.4 is 11.0 Å². The van der Waals surface area contributed by atoms with Crippen molar-refractivity contribution in [1.82, 2.24) is 11.0 Å². The Kier molecular flexibility index (Phi) is 9.62. The van der Waals surface area contributed by atoms with Gasteiger partial charge in [-0.1, -0.05) is 12.5 Å². The first-order valence-corrected chi connectivity index (χ1v) is 10.6. The standard InChI is InChI=1S/C16H28Cl2N2O4S/c1-10-9-13(5-8-15(10)18)22-11(2)16(21)19-20-23-24-25-14-6-3-12(17)4-7-14/h10-15,20H,3-9H2,1-2H3,(H,19,21). The summed E-state index contributed by atoms with van der Waals surface area (Å²) >= 11 is 13.5. The highest BCUT2D eigenvalue weighted by Crippen LogP contribution is 2.32. The van der Waals surface area contributed by atoms with Crippen molar-refractivity contribution in [3.05, 3.63) is 0 Å². The molecule has 0 aromatic rings. The van der Waals surface area contributed by atoms with E-state index >= 15 is 0 Å². The Labute approximate surface area is 164 Å². The number of amides is 1. The molecule has 1 amide bonds. The molecule has 2 aliphatic rings. The van der Waals surface area contributed by atoms with Crippen molar-refractivity contribution in [3.8, 4) is 0 Å². The first kappa shape index (κ1) is 21.5. The van der Waals surface area contributed by atoms with Gasteiger partial charge in [-0.25, -0.2) is 0 Å². The van der Waals surface area contributed by atoms with Gasteiger partial charge < -0.3 is 4.74 Å². The van der Waals surface area contributed by atoms with Gasteiger partial charge in [0.05, 0.1) is 6.10 Å². The minimum absolute atomic E-state index is 0.0653. The maximum atomic E-state index is 12.0. The highest BCUT2D eigenvalue weighted by Gasteiger charge is 2.29. The van der Waals surface area contributed by atoms with Gasteiger partial charge in [0.1, 0.15) is 6.10 Å². The fourth-order valence-electron chi connectivity index (χ4n) is 3.17. The van der Waals surface area contributed by atoms with Crippen LogP contribution in [0.4, 0.5) is 0 Å². The number of alkyl halides is 2. The average molecular weight is 415 g/mol. The van der Waals surface area contributed by atoms with E-state index in [1.807, 2.05) is 0 Å². The molecular formula is C16H28Cl2N2O4S. The highest BCUT2D eigenvalue weighted by molar-refractivity contribution is 7.95. The van der Waals surface area contributed by atoms with E-state index in [4.69, 9.17) is 37.3 Å². The lowest BCUT2D eigenvalue weighted by Crippen LogP contribution is -2.45. The van der Waals surface area contributed by atoms with Gasteiger partial charge in [-0.05, 0) is 57.8 Å². The Hall–Kier alpha value is 0.240. The Morgan fingerprint density at radius 3 is 2.56 bits per heavy atom. The molecule has 0 aromatic heterocycles. The van der Waals surface area contributed by atoms with Crippen LogP contribution in [0.15, 0.2) is 0 Å². The van der Waals surface area contributed by atoms with E-state index in [1.165, 1.54) is 12.0 Å². The molecule has 4 unspecified atom stereocenters. The van der Waals surface area contributed by atoms with Crippen molar-refractivity contribution in [3.63, 3.8) is 0 Å². The molecule has 0 heterocycles. The van der Waals surface area contributed by atoms with Gasteiger partial charge in [0.15, 0.2) is 0 Å². The third kappa shape index (κ3) is 7.79. The van der Waals surface area contributed by atoms with Gasteiger partial charge in [0, 0.05) is 28.0 Å². The monoisotopic (exact) mass is 414 g/mol. The largest absolute Gasteiger partial charge is 0.365 e. The highest BCUT2D eigenvalue weighted by atomic mass is 35.5. The molecule has 146 valence electrons. The Bertz CT molecular complexity index is 414. The summed E-state index contributed by atoms with van der Waals surface area (Å²) in [5.41, 5.74) is 4.71. The van der Waals surface area contributed by atoms with E-state index in [2.05, 4.69) is 17.9 Å². The van der Waals surface area contributed by atoms with Crippen molar-refractivity contribution in [2.75, 3.05) is 0 Å². The second-order valence-electron chi connectivity index (χ2n) is 6.92. The fraction of sp³-hybridized carbons (Fsp3) is 0.938. The normalized spacial score (nSPS) is 34.5. The molecule has 0 aromatic carbocycles. The van der Waals surface area contributed by atoms with E-state index < -0.39 is 6.10 Å². The van der Waals surface area contributed by atoms with Crippen molar-refractivity contribution in [2.24, 2.45) is 5.92 Å². The van der Waals surface area contributed by atoms with E-state index in [9.17, 15) is 4.79 Å². The van der Waals surface area contributed by atoms with Gasteiger partial charge >= 0.3 is 0 Å². The van der Waals surface area contributed by atoms with Crippen LogP contribution in [0.5, 0.6) is 0 Å². The van der Waals surface area contributed by atoms with Gasteiger partial charge in [-0.3, -0.25) is 10.2 Å². The quantitative estimate of drug-likeness (QED) is 0.206. The van der Waals surface area contributed by atoms with E-state index in [-0.39, 0.29) is 22.8 Å². The molecule has 2 aliphatic carbocycles. The van der Waals surface area contributed by atoms with E-state index in [1.54, 1.807) is 6.92 Å². The minimum atomic E-state index is -0.577. The fourth-order valence-corrected chi connectivity index (χ4v) is 4.30. The van der Waals surface area contributed by atoms with Crippen LogP contribution in [-0.4, -0.2) is 34.1 Å². The predicted molar refractivity (Wildman–Crippen MR) is 99.9 cm³/mol. The molecule has 2 fully saturated rings. The molecule has 6 nitrogen and oxygen atoms in total. The maximum Gasteiger partial charge on any atom is 0.264 e. The number of hydrazine groups is 1. The molecule has 4 atom stereocenters. The number of hydrogen-bond donors (Lipinski definition) is 2. The first-order chi connectivity index (χ1) is 12.0. The number of nitrogens with one attached hydrogen (secondary N) is 2. The van der Waals surface area contributed by atoms with E-state index in [0.717, 1.165) is 44.9 Å². The zero-order chi connectivity index (χ0) is 18.2. The third-order valence-electron chi connectivity index (χ3n) is 4.81. The summed E-state index contributed by atoms with van der Waals surface area (Å²) in [7, 11) is 0. The van der Waals surface area contributed by atoms with Crippen molar-refractivity contribution >= 4 is 41.2 Å². The van der Waals surface area contributed by atoms with Crippen LogP contribution in [0.25, 0.3) is 0 Å². The van der Waals surface area contributed by atoms with E-state index in [0.29, 0.717) is 11.2 Å². The molecule has 0 saturated heterocycles. The molecule has 9 heteroatoms. The minimum Gasteiger partial charge on any atom is -0.365 e. The lowest BCUT2D eigenvalue weighted by molar-refractivity contribution is -0.257. The summed E-state index contributed by atoms with van der Waals surface area (Å²) in [6.07, 6.45) is 6.15. The molecule has 2 rings (SSSR count). The smallest absolute Gasteiger partial charge is 0.264 e. The average Bonchev–Trinajstić information content (AvgIpc) is 2.59. The SMILES string of the molecule is CC(OC1CCC(Cl)C(C)C1)C(=O)NNOOSC1CCC(Cl)CC1. The molecule has 0 spiro atoms. The lowest BCUT2D eigenvalue weighted by Gasteiger charge is -2.32. The molecule has 25 heavy (non-hydrogen) atoms. The molecule has 0 radical (unpaired) electrons. The number of halogens is 2. The maximum absolute atomic E-state index is 12.0. The second-order valence-corrected chi connectivity index (χ2v) is 9.09. The van der Waals surface area contributed by atoms with Crippen molar-refractivity contribution < 1.29 is 18.9 Å². The lowest BCUT2D eigenvalue weighted by atomic mass is 9.88. The third-order valence-corrected chi connectivity index (χ3v) is 6.79. The van der Waals surface area contributed by atoms with Crippen LogP contribution in [0.3, 0.4) is 0 Å². The Morgan fingerprint density at radius 2 is 1.88 bits per heavy atom. The van der Waals surface area contributed by atoms with Gasteiger partial charge in [0.2, 0.25) is 0 Å². The first-order valence-electron chi connectivity index (χ1n) is 8.93. The summed E-state index contributed by atoms with van der Waals surface area (Å²) < 4.78 is 10.8. The van der Waals surface area contributed by atoms with Crippen LogP contribution >= 0.6 is 35.2 Å². The summed E-state index contributed by atoms with van der Waals surface area (Å²) in [6, 6.07) is 0. The molecule has 0 bridgehead atoms. The molecule has 2 N–H and O–H groups in total. The second kappa shape index (κ2) is 11.2. The topological polar surface area (TPSA) is 68.8 Å². The molecule has 2 saturated carbocycles. The number of carbonyl (C=O) groups excluding carboxylic acids is 1. The van der Waals surface area contributed by atoms with Crippen LogP contribution in [0, 0.1) is 5.92 Å². The molecular weight excluding hydrogens is 387 g/mol. The van der Waals surface area contributed by atoms with Crippen molar-refractivity contribution in [1.29, 1.82) is 0 Å². The summed E-state index contributed by atoms with van der Waals surface area (Å²) in [5.74, 6) is 0.0910. The van der Waals surface area contributed by atoms with Crippen LogP contribution in [0.2, 0.25) is 0 Å². The molecule has 0 aliphatic heterocycles. The number of rotatable bonds is 8. The Balaban J connectivity index is 1.52.